The molecule has 0 aliphatic heterocycles. The zero-order valence-electron chi connectivity index (χ0n) is 9.84. The highest BCUT2D eigenvalue weighted by Gasteiger charge is 2.33. The van der Waals surface area contributed by atoms with E-state index in [0.29, 0.717) is 6.07 Å². The van der Waals surface area contributed by atoms with Gasteiger partial charge in [-0.05, 0) is 24.6 Å². The molecule has 0 saturated heterocycles. The topological polar surface area (TPSA) is 50.1 Å². The number of rotatable bonds is 3. The second-order valence-electron chi connectivity index (χ2n) is 3.52. The predicted molar refractivity (Wildman–Crippen MR) is 61.7 cm³/mol. The molecule has 1 aromatic carbocycles. The van der Waals surface area contributed by atoms with Gasteiger partial charge in [0.2, 0.25) is 0 Å². The lowest BCUT2D eigenvalue weighted by Gasteiger charge is -2.13. The van der Waals surface area contributed by atoms with Crippen LogP contribution in [0.15, 0.2) is 12.1 Å². The fourth-order valence-electron chi connectivity index (χ4n) is 1.50. The van der Waals surface area contributed by atoms with Gasteiger partial charge in [0.1, 0.15) is 6.07 Å². The van der Waals surface area contributed by atoms with Gasteiger partial charge in [-0.3, -0.25) is 0 Å². The van der Waals surface area contributed by atoms with E-state index in [-0.39, 0.29) is 23.6 Å². The van der Waals surface area contributed by atoms with E-state index >= 15 is 0 Å². The normalized spacial score (nSPS) is 10.9. The number of carbonyl (C=O) groups excluding carboxylic acids is 1. The van der Waals surface area contributed by atoms with E-state index in [1.165, 1.54) is 0 Å². The highest BCUT2D eigenvalue weighted by Crippen LogP contribution is 2.33. The van der Waals surface area contributed by atoms with Gasteiger partial charge < -0.3 is 4.74 Å². The van der Waals surface area contributed by atoms with Crippen molar-refractivity contribution >= 4 is 17.6 Å². The van der Waals surface area contributed by atoms with Gasteiger partial charge in [0.25, 0.3) is 0 Å². The number of ether oxygens (including phenoxy) is 1. The average molecular weight is 292 g/mol. The predicted octanol–water partition coefficient (Wildman–Crippen LogP) is 3.49. The highest BCUT2D eigenvalue weighted by molar-refractivity contribution is 6.17. The maximum Gasteiger partial charge on any atom is 0.416 e. The molecule has 0 aliphatic carbocycles. The Morgan fingerprint density at radius 1 is 1.47 bits per heavy atom. The fraction of sp³-hybridized carbons (Fsp3) is 0.333. The second-order valence-corrected chi connectivity index (χ2v) is 3.79. The average Bonchev–Trinajstić information content (AvgIpc) is 2.36. The van der Waals surface area contributed by atoms with E-state index in [2.05, 4.69) is 0 Å². The smallest absolute Gasteiger partial charge is 0.416 e. The number of halogens is 4. The summed E-state index contributed by atoms with van der Waals surface area (Å²) >= 11 is 5.54. The van der Waals surface area contributed by atoms with E-state index in [1.807, 2.05) is 0 Å². The van der Waals surface area contributed by atoms with Gasteiger partial charge in [0.15, 0.2) is 0 Å². The first-order chi connectivity index (χ1) is 8.85. The third-order valence-corrected chi connectivity index (χ3v) is 2.58. The molecule has 0 aliphatic rings. The Balaban J connectivity index is 3.48. The van der Waals surface area contributed by atoms with Crippen LogP contribution in [-0.2, 0) is 16.8 Å². The number of alkyl halides is 4. The zero-order valence-corrected chi connectivity index (χ0v) is 10.6. The van der Waals surface area contributed by atoms with Crippen molar-refractivity contribution in [3.05, 3.63) is 34.4 Å². The zero-order chi connectivity index (χ0) is 14.6. The second kappa shape index (κ2) is 5.93. The van der Waals surface area contributed by atoms with Crippen molar-refractivity contribution in [3.63, 3.8) is 0 Å². The summed E-state index contributed by atoms with van der Waals surface area (Å²) in [5.41, 5.74) is -1.71. The summed E-state index contributed by atoms with van der Waals surface area (Å²) in [5.74, 6) is -1.18. The van der Waals surface area contributed by atoms with Gasteiger partial charge in [0, 0.05) is 5.88 Å². The Bertz CT molecular complexity index is 535. The molecule has 0 bridgehead atoms. The van der Waals surface area contributed by atoms with Crippen LogP contribution in [0.5, 0.6) is 0 Å². The summed E-state index contributed by atoms with van der Waals surface area (Å²) in [6, 6.07) is 2.93. The summed E-state index contributed by atoms with van der Waals surface area (Å²) in [4.78, 5) is 11.7. The molecule has 0 radical (unpaired) electrons. The Morgan fingerprint density at radius 3 is 2.53 bits per heavy atom. The van der Waals surface area contributed by atoms with Crippen molar-refractivity contribution in [1.82, 2.24) is 0 Å². The first-order valence-corrected chi connectivity index (χ1v) is 5.75. The van der Waals surface area contributed by atoms with Crippen molar-refractivity contribution in [2.45, 2.75) is 19.0 Å². The van der Waals surface area contributed by atoms with Crippen LogP contribution in [0.4, 0.5) is 13.2 Å². The van der Waals surface area contributed by atoms with Crippen LogP contribution in [-0.4, -0.2) is 12.6 Å². The third kappa shape index (κ3) is 3.38. The molecule has 0 aromatic heterocycles. The number of esters is 1. The van der Waals surface area contributed by atoms with Crippen molar-refractivity contribution in [2.75, 3.05) is 6.61 Å². The Labute approximate surface area is 112 Å². The van der Waals surface area contributed by atoms with E-state index < -0.39 is 23.3 Å². The van der Waals surface area contributed by atoms with Crippen LogP contribution in [0, 0.1) is 11.3 Å². The lowest BCUT2D eigenvalue weighted by Crippen LogP contribution is -2.13. The number of benzene rings is 1. The molecule has 0 atom stereocenters. The molecular weight excluding hydrogens is 283 g/mol. The number of carbonyl (C=O) groups is 1. The van der Waals surface area contributed by atoms with Crippen LogP contribution in [0.25, 0.3) is 0 Å². The minimum absolute atomic E-state index is 0.0481. The monoisotopic (exact) mass is 291 g/mol. The highest BCUT2D eigenvalue weighted by atomic mass is 35.5. The van der Waals surface area contributed by atoms with Crippen LogP contribution < -0.4 is 0 Å². The molecular formula is C12H9ClF3NO2. The van der Waals surface area contributed by atoms with E-state index in [0.717, 1.165) is 6.07 Å². The summed E-state index contributed by atoms with van der Waals surface area (Å²) in [5, 5.41) is 8.88. The molecule has 0 unspecified atom stereocenters. The largest absolute Gasteiger partial charge is 0.462 e. The molecule has 0 N–H and O–H groups in total. The first-order valence-electron chi connectivity index (χ1n) is 5.22. The SMILES string of the molecule is CCOC(=O)c1c(C#N)cc(C(F)(F)F)cc1CCl. The van der Waals surface area contributed by atoms with Crippen LogP contribution in [0.2, 0.25) is 0 Å². The van der Waals surface area contributed by atoms with Crippen molar-refractivity contribution in [2.24, 2.45) is 0 Å². The minimum atomic E-state index is -4.61. The summed E-state index contributed by atoms with van der Waals surface area (Å²) < 4.78 is 42.6. The molecule has 0 spiro atoms. The molecule has 1 rings (SSSR count). The lowest BCUT2D eigenvalue weighted by atomic mass is 9.98. The molecule has 0 fully saturated rings. The maximum atomic E-state index is 12.6. The quantitative estimate of drug-likeness (QED) is 0.632. The van der Waals surface area contributed by atoms with Gasteiger partial charge in [-0.2, -0.15) is 18.4 Å². The first kappa shape index (κ1) is 15.3. The molecule has 0 amide bonds. The van der Waals surface area contributed by atoms with Gasteiger partial charge in [-0.25, -0.2) is 4.79 Å². The third-order valence-electron chi connectivity index (χ3n) is 2.29. The van der Waals surface area contributed by atoms with Crippen molar-refractivity contribution in [3.8, 4) is 6.07 Å². The van der Waals surface area contributed by atoms with Crippen molar-refractivity contribution in [1.29, 1.82) is 5.26 Å². The number of nitrogens with zero attached hydrogens (tertiary/aromatic N) is 1. The lowest BCUT2D eigenvalue weighted by molar-refractivity contribution is -0.137. The van der Waals surface area contributed by atoms with Crippen LogP contribution in [0.3, 0.4) is 0 Å². The Kier molecular flexibility index (Phi) is 4.78. The molecule has 3 nitrogen and oxygen atoms in total. The van der Waals surface area contributed by atoms with Crippen LogP contribution in [0.1, 0.15) is 34.0 Å². The minimum Gasteiger partial charge on any atom is -0.462 e. The standard InChI is InChI=1S/C12H9ClF3NO2/c1-2-19-11(18)10-7(5-13)3-9(12(14,15)16)4-8(10)6-17/h3-4H,2,5H2,1H3. The maximum absolute atomic E-state index is 12.6. The molecule has 0 saturated carbocycles. The number of hydrogen-bond donors (Lipinski definition) is 0. The van der Waals surface area contributed by atoms with E-state index in [4.69, 9.17) is 21.6 Å². The summed E-state index contributed by atoms with van der Waals surface area (Å²) in [6.07, 6.45) is -4.61. The Morgan fingerprint density at radius 2 is 2.11 bits per heavy atom. The van der Waals surface area contributed by atoms with E-state index in [9.17, 15) is 18.0 Å². The molecule has 0 heterocycles. The van der Waals surface area contributed by atoms with Gasteiger partial charge in [-0.15, -0.1) is 11.6 Å². The Hall–Kier alpha value is -1.74. The number of hydrogen-bond acceptors (Lipinski definition) is 3. The fourth-order valence-corrected chi connectivity index (χ4v) is 1.71. The molecule has 7 heteroatoms. The van der Waals surface area contributed by atoms with Crippen molar-refractivity contribution < 1.29 is 22.7 Å². The molecule has 102 valence electrons. The van der Waals surface area contributed by atoms with Gasteiger partial charge >= 0.3 is 12.1 Å². The summed E-state index contributed by atoms with van der Waals surface area (Å²) in [6.45, 7) is 1.60. The van der Waals surface area contributed by atoms with E-state index in [1.54, 1.807) is 13.0 Å². The van der Waals surface area contributed by atoms with Gasteiger partial charge in [0.05, 0.1) is 23.3 Å². The van der Waals surface area contributed by atoms with Gasteiger partial charge in [-0.1, -0.05) is 0 Å². The van der Waals surface area contributed by atoms with Crippen LogP contribution >= 0.6 is 11.6 Å². The molecule has 1 aromatic rings. The summed E-state index contributed by atoms with van der Waals surface area (Å²) in [7, 11) is 0. The number of nitriles is 1. The molecule has 19 heavy (non-hydrogen) atoms.